The number of benzene rings is 1. The first-order valence-electron chi connectivity index (χ1n) is 9.20. The molecule has 1 fully saturated rings. The van der Waals surface area contributed by atoms with Crippen LogP contribution >= 0.6 is 0 Å². The lowest BCUT2D eigenvalue weighted by molar-refractivity contribution is 0.0607. The summed E-state index contributed by atoms with van der Waals surface area (Å²) in [6, 6.07) is 10.5. The molecule has 1 aliphatic heterocycles. The average Bonchev–Trinajstić information content (AvgIpc) is 2.73. The maximum absolute atomic E-state index is 12.9. The van der Waals surface area contributed by atoms with E-state index in [0.29, 0.717) is 22.4 Å². The molecule has 2 amide bonds. The third kappa shape index (κ3) is 4.32. The van der Waals surface area contributed by atoms with Crippen LogP contribution in [0.3, 0.4) is 0 Å². The fraction of sp³-hybridized carbons (Fsp3) is 0.333. The van der Waals surface area contributed by atoms with Gasteiger partial charge in [-0.15, -0.1) is 0 Å². The Labute approximate surface area is 158 Å². The summed E-state index contributed by atoms with van der Waals surface area (Å²) in [4.78, 5) is 31.4. The molecule has 1 aromatic carbocycles. The first-order chi connectivity index (χ1) is 13.1. The number of pyridine rings is 1. The van der Waals surface area contributed by atoms with Crippen molar-refractivity contribution in [2.45, 2.75) is 38.6 Å². The van der Waals surface area contributed by atoms with Gasteiger partial charge in [0.05, 0.1) is 22.8 Å². The molecule has 1 aromatic heterocycles. The lowest BCUT2D eigenvalue weighted by Crippen LogP contribution is -2.43. The number of nitriles is 1. The summed E-state index contributed by atoms with van der Waals surface area (Å²) in [5.41, 5.74) is 1.73. The second kappa shape index (κ2) is 8.45. The molecule has 1 N–H and O–H groups in total. The normalized spacial score (nSPS) is 16.4. The average molecular weight is 362 g/mol. The largest absolute Gasteiger partial charge is 0.336 e. The SMILES string of the molecule is CCC1CCCCN1C(=O)c1cncc(C(=O)Nc2cccc(C#N)c2)c1. The Morgan fingerprint density at radius 1 is 1.26 bits per heavy atom. The molecule has 27 heavy (non-hydrogen) atoms. The molecule has 0 spiro atoms. The first-order valence-corrected chi connectivity index (χ1v) is 9.20. The molecule has 0 bridgehead atoms. The molecule has 0 radical (unpaired) electrons. The number of amides is 2. The quantitative estimate of drug-likeness (QED) is 0.900. The van der Waals surface area contributed by atoms with E-state index in [-0.39, 0.29) is 17.9 Å². The minimum atomic E-state index is -0.363. The molecule has 138 valence electrons. The number of rotatable bonds is 4. The van der Waals surface area contributed by atoms with Crippen molar-refractivity contribution >= 4 is 17.5 Å². The Morgan fingerprint density at radius 3 is 2.85 bits per heavy atom. The molecule has 3 rings (SSSR count). The smallest absolute Gasteiger partial charge is 0.257 e. The molecular weight excluding hydrogens is 340 g/mol. The molecular formula is C21H22N4O2. The maximum atomic E-state index is 12.9. The van der Waals surface area contributed by atoms with Crippen LogP contribution in [0.4, 0.5) is 5.69 Å². The zero-order chi connectivity index (χ0) is 19.2. The van der Waals surface area contributed by atoms with E-state index in [1.165, 1.54) is 12.4 Å². The molecule has 2 aromatic rings. The molecule has 1 aliphatic rings. The minimum absolute atomic E-state index is 0.0739. The minimum Gasteiger partial charge on any atom is -0.336 e. The third-order valence-electron chi connectivity index (χ3n) is 4.86. The van der Waals surface area contributed by atoms with Crippen LogP contribution in [0.5, 0.6) is 0 Å². The maximum Gasteiger partial charge on any atom is 0.257 e. The molecule has 6 nitrogen and oxygen atoms in total. The summed E-state index contributed by atoms with van der Waals surface area (Å²) in [6.07, 6.45) is 7.04. The van der Waals surface area contributed by atoms with Crippen LogP contribution in [-0.4, -0.2) is 34.3 Å². The molecule has 1 atom stereocenters. The van der Waals surface area contributed by atoms with Gasteiger partial charge in [0.15, 0.2) is 0 Å². The van der Waals surface area contributed by atoms with Crippen LogP contribution in [0.25, 0.3) is 0 Å². The predicted molar refractivity (Wildman–Crippen MR) is 102 cm³/mol. The number of nitrogens with one attached hydrogen (secondary N) is 1. The zero-order valence-electron chi connectivity index (χ0n) is 15.3. The Morgan fingerprint density at radius 2 is 2.07 bits per heavy atom. The van der Waals surface area contributed by atoms with Gasteiger partial charge in [0.25, 0.3) is 11.8 Å². The van der Waals surface area contributed by atoms with Crippen molar-refractivity contribution in [1.82, 2.24) is 9.88 Å². The number of anilines is 1. The van der Waals surface area contributed by atoms with Gasteiger partial charge < -0.3 is 10.2 Å². The topological polar surface area (TPSA) is 86.1 Å². The second-order valence-electron chi connectivity index (χ2n) is 6.67. The number of aromatic nitrogens is 1. The number of hydrogen-bond donors (Lipinski definition) is 1. The number of hydrogen-bond acceptors (Lipinski definition) is 4. The van der Waals surface area contributed by atoms with Crippen molar-refractivity contribution in [3.05, 3.63) is 59.4 Å². The van der Waals surface area contributed by atoms with Crippen LogP contribution in [0.2, 0.25) is 0 Å². The van der Waals surface area contributed by atoms with Gasteiger partial charge >= 0.3 is 0 Å². The number of carbonyl (C=O) groups is 2. The molecule has 0 saturated carbocycles. The molecule has 6 heteroatoms. The van der Waals surface area contributed by atoms with E-state index in [4.69, 9.17) is 5.26 Å². The highest BCUT2D eigenvalue weighted by Crippen LogP contribution is 2.22. The highest BCUT2D eigenvalue weighted by atomic mass is 16.2. The summed E-state index contributed by atoms with van der Waals surface area (Å²) in [5.74, 6) is -0.437. The van der Waals surface area contributed by atoms with Crippen molar-refractivity contribution in [2.75, 3.05) is 11.9 Å². The summed E-state index contributed by atoms with van der Waals surface area (Å²) in [5, 5.41) is 11.7. The van der Waals surface area contributed by atoms with Gasteiger partial charge in [0.1, 0.15) is 0 Å². The standard InChI is InChI=1S/C21H22N4O2/c1-2-19-8-3-4-9-25(19)21(27)17-11-16(13-23-14-17)20(26)24-18-7-5-6-15(10-18)12-22/h5-7,10-11,13-14,19H,2-4,8-9H2,1H3,(H,24,26). The van der Waals surface area contributed by atoms with E-state index in [9.17, 15) is 9.59 Å². The lowest BCUT2D eigenvalue weighted by atomic mass is 9.99. The predicted octanol–water partition coefficient (Wildman–Crippen LogP) is 3.61. The van der Waals surface area contributed by atoms with Crippen LogP contribution in [-0.2, 0) is 0 Å². The molecule has 1 saturated heterocycles. The Kier molecular flexibility index (Phi) is 5.82. The van der Waals surface area contributed by atoms with E-state index in [0.717, 1.165) is 32.2 Å². The molecule has 1 unspecified atom stereocenters. The van der Waals surface area contributed by atoms with Gasteiger partial charge in [-0.05, 0) is 49.9 Å². The van der Waals surface area contributed by atoms with E-state index in [2.05, 4.69) is 17.2 Å². The number of likely N-dealkylation sites (tertiary alicyclic amines) is 1. The van der Waals surface area contributed by atoms with E-state index >= 15 is 0 Å². The number of carbonyl (C=O) groups excluding carboxylic acids is 2. The van der Waals surface area contributed by atoms with Crippen LogP contribution in [0.1, 0.15) is 58.9 Å². The van der Waals surface area contributed by atoms with Gasteiger partial charge in [-0.3, -0.25) is 14.6 Å². The van der Waals surface area contributed by atoms with Crippen molar-refractivity contribution in [3.63, 3.8) is 0 Å². The van der Waals surface area contributed by atoms with Crippen LogP contribution in [0.15, 0.2) is 42.7 Å². The van der Waals surface area contributed by atoms with Gasteiger partial charge in [-0.1, -0.05) is 13.0 Å². The van der Waals surface area contributed by atoms with Gasteiger partial charge in [0, 0.05) is 30.7 Å². The highest BCUT2D eigenvalue weighted by Gasteiger charge is 2.26. The first kappa shape index (κ1) is 18.6. The van der Waals surface area contributed by atoms with Crippen molar-refractivity contribution in [3.8, 4) is 6.07 Å². The number of piperidine rings is 1. The van der Waals surface area contributed by atoms with E-state index in [1.807, 2.05) is 11.0 Å². The van der Waals surface area contributed by atoms with Gasteiger partial charge in [-0.2, -0.15) is 5.26 Å². The van der Waals surface area contributed by atoms with Crippen molar-refractivity contribution < 1.29 is 9.59 Å². The van der Waals surface area contributed by atoms with E-state index < -0.39 is 0 Å². The van der Waals surface area contributed by atoms with Crippen molar-refractivity contribution in [1.29, 1.82) is 5.26 Å². The summed E-state index contributed by atoms with van der Waals surface area (Å²) in [6.45, 7) is 2.84. The highest BCUT2D eigenvalue weighted by molar-refractivity contribution is 6.05. The number of nitrogens with zero attached hydrogens (tertiary/aromatic N) is 3. The third-order valence-corrected chi connectivity index (χ3v) is 4.86. The van der Waals surface area contributed by atoms with Crippen molar-refractivity contribution in [2.24, 2.45) is 0 Å². The zero-order valence-corrected chi connectivity index (χ0v) is 15.3. The summed E-state index contributed by atoms with van der Waals surface area (Å²) >= 11 is 0. The fourth-order valence-corrected chi connectivity index (χ4v) is 3.41. The fourth-order valence-electron chi connectivity index (χ4n) is 3.41. The summed E-state index contributed by atoms with van der Waals surface area (Å²) in [7, 11) is 0. The Bertz CT molecular complexity index is 888. The summed E-state index contributed by atoms with van der Waals surface area (Å²) < 4.78 is 0. The lowest BCUT2D eigenvalue weighted by Gasteiger charge is -2.35. The van der Waals surface area contributed by atoms with E-state index in [1.54, 1.807) is 30.3 Å². The Balaban J connectivity index is 1.77. The second-order valence-corrected chi connectivity index (χ2v) is 6.67. The Hall–Kier alpha value is -3.20. The van der Waals surface area contributed by atoms with Gasteiger partial charge in [-0.25, -0.2) is 0 Å². The van der Waals surface area contributed by atoms with Gasteiger partial charge in [0.2, 0.25) is 0 Å². The molecule has 2 heterocycles. The monoisotopic (exact) mass is 362 g/mol. The van der Waals surface area contributed by atoms with Crippen LogP contribution < -0.4 is 5.32 Å². The molecule has 0 aliphatic carbocycles. The van der Waals surface area contributed by atoms with Crippen LogP contribution in [0, 0.1) is 11.3 Å².